The molecule has 90 valence electrons. The molecule has 0 bridgehead atoms. The number of ether oxygens (including phenoxy) is 2. The van der Waals surface area contributed by atoms with Crippen molar-refractivity contribution in [2.75, 3.05) is 14.2 Å². The second-order valence-corrected chi connectivity index (χ2v) is 3.81. The second kappa shape index (κ2) is 4.08. The number of carbonyl (C=O) groups is 2. The third-order valence-corrected chi connectivity index (χ3v) is 2.91. The summed E-state index contributed by atoms with van der Waals surface area (Å²) in [6.45, 7) is 0. The van der Waals surface area contributed by atoms with Gasteiger partial charge in [0.2, 0.25) is 0 Å². The smallest absolute Gasteiger partial charge is 0.311 e. The van der Waals surface area contributed by atoms with Crippen LogP contribution >= 0.6 is 0 Å². The van der Waals surface area contributed by atoms with E-state index < -0.39 is 11.9 Å². The highest BCUT2D eigenvalue weighted by molar-refractivity contribution is 6.06. The highest BCUT2D eigenvalue weighted by Crippen LogP contribution is 2.42. The summed E-state index contributed by atoms with van der Waals surface area (Å²) in [5.74, 6) is -1.15. The van der Waals surface area contributed by atoms with Crippen LogP contribution in [0.5, 0.6) is 11.5 Å². The van der Waals surface area contributed by atoms with Crippen LogP contribution in [0.25, 0.3) is 0 Å². The van der Waals surface area contributed by atoms with Crippen LogP contribution in [0, 0.1) is 0 Å². The van der Waals surface area contributed by atoms with Crippen LogP contribution in [-0.2, 0) is 4.79 Å². The van der Waals surface area contributed by atoms with E-state index in [0.29, 0.717) is 22.6 Å². The molecular formula is C12H12O5. The molecule has 1 atom stereocenters. The summed E-state index contributed by atoms with van der Waals surface area (Å²) in [5, 5.41) is 9.09. The zero-order chi connectivity index (χ0) is 12.6. The van der Waals surface area contributed by atoms with Gasteiger partial charge in [-0.05, 0) is 6.07 Å². The molecule has 0 saturated carbocycles. The first-order chi connectivity index (χ1) is 8.08. The van der Waals surface area contributed by atoms with Crippen LogP contribution in [0.3, 0.4) is 0 Å². The van der Waals surface area contributed by atoms with Crippen molar-refractivity contribution in [1.29, 1.82) is 0 Å². The Kier molecular flexibility index (Phi) is 2.75. The fraction of sp³-hybridized carbons (Fsp3) is 0.333. The molecule has 1 aliphatic carbocycles. The van der Waals surface area contributed by atoms with Crippen molar-refractivity contribution in [3.63, 3.8) is 0 Å². The molecule has 1 N–H and O–H groups in total. The monoisotopic (exact) mass is 236 g/mol. The van der Waals surface area contributed by atoms with Gasteiger partial charge in [-0.2, -0.15) is 0 Å². The number of aliphatic carboxylic acids is 1. The lowest BCUT2D eigenvalue weighted by molar-refractivity contribution is -0.138. The highest BCUT2D eigenvalue weighted by atomic mass is 16.5. The third kappa shape index (κ3) is 1.73. The van der Waals surface area contributed by atoms with Gasteiger partial charge in [-0.3, -0.25) is 9.59 Å². The SMILES string of the molecule is COc1cc(OC)c2c(c1)C(=O)CC2C(=O)O. The number of Topliss-reactive ketones (excluding diaryl/α,β-unsaturated/α-hetero) is 1. The van der Waals surface area contributed by atoms with E-state index in [1.165, 1.54) is 14.2 Å². The van der Waals surface area contributed by atoms with Gasteiger partial charge in [0.15, 0.2) is 5.78 Å². The van der Waals surface area contributed by atoms with Crippen LogP contribution in [0.2, 0.25) is 0 Å². The predicted molar refractivity (Wildman–Crippen MR) is 58.9 cm³/mol. The minimum Gasteiger partial charge on any atom is -0.497 e. The lowest BCUT2D eigenvalue weighted by Crippen LogP contribution is -2.09. The van der Waals surface area contributed by atoms with Crippen LogP contribution in [-0.4, -0.2) is 31.1 Å². The van der Waals surface area contributed by atoms with E-state index in [1.54, 1.807) is 12.1 Å². The highest BCUT2D eigenvalue weighted by Gasteiger charge is 2.37. The molecule has 0 amide bonds. The number of rotatable bonds is 3. The maximum atomic E-state index is 11.7. The Labute approximate surface area is 98.0 Å². The van der Waals surface area contributed by atoms with E-state index in [2.05, 4.69) is 0 Å². The number of carbonyl (C=O) groups excluding carboxylic acids is 1. The summed E-state index contributed by atoms with van der Waals surface area (Å²) in [7, 11) is 2.92. The number of carboxylic acids is 1. The molecule has 1 unspecified atom stereocenters. The molecule has 0 saturated heterocycles. The Morgan fingerprint density at radius 2 is 2.06 bits per heavy atom. The first-order valence-electron chi connectivity index (χ1n) is 5.10. The summed E-state index contributed by atoms with van der Waals surface area (Å²) in [6.07, 6.45) is -0.0196. The van der Waals surface area contributed by atoms with E-state index in [9.17, 15) is 9.59 Å². The first-order valence-corrected chi connectivity index (χ1v) is 5.10. The number of hydrogen-bond donors (Lipinski definition) is 1. The molecular weight excluding hydrogens is 224 g/mol. The van der Waals surface area contributed by atoms with Gasteiger partial charge < -0.3 is 14.6 Å². The standard InChI is InChI=1S/C12H12O5/c1-16-6-3-7-9(13)5-8(12(14)15)11(7)10(4-6)17-2/h3-4,8H,5H2,1-2H3,(H,14,15). The number of carboxylic acid groups (broad SMARTS) is 1. The van der Waals surface area contributed by atoms with Crippen molar-refractivity contribution in [1.82, 2.24) is 0 Å². The maximum absolute atomic E-state index is 11.7. The molecule has 1 aromatic carbocycles. The number of benzene rings is 1. The Hall–Kier alpha value is -2.04. The zero-order valence-electron chi connectivity index (χ0n) is 9.52. The average molecular weight is 236 g/mol. The maximum Gasteiger partial charge on any atom is 0.311 e. The fourth-order valence-corrected chi connectivity index (χ4v) is 2.09. The van der Waals surface area contributed by atoms with Gasteiger partial charge >= 0.3 is 5.97 Å². The molecule has 5 nitrogen and oxygen atoms in total. The number of hydrogen-bond acceptors (Lipinski definition) is 4. The summed E-state index contributed by atoms with van der Waals surface area (Å²) in [4.78, 5) is 22.8. The van der Waals surface area contributed by atoms with Crippen LogP contribution in [0.4, 0.5) is 0 Å². The Morgan fingerprint density at radius 1 is 1.35 bits per heavy atom. The number of fused-ring (bicyclic) bond motifs is 1. The molecule has 0 heterocycles. The molecule has 0 aromatic heterocycles. The summed E-state index contributed by atoms with van der Waals surface area (Å²) in [6, 6.07) is 3.15. The molecule has 0 aliphatic heterocycles. The fourth-order valence-electron chi connectivity index (χ4n) is 2.09. The van der Waals surface area contributed by atoms with E-state index in [-0.39, 0.29) is 12.2 Å². The van der Waals surface area contributed by atoms with Crippen LogP contribution < -0.4 is 9.47 Å². The number of methoxy groups -OCH3 is 2. The Balaban J connectivity index is 2.63. The number of ketones is 1. The minimum atomic E-state index is -1.01. The molecule has 1 aliphatic rings. The quantitative estimate of drug-likeness (QED) is 0.860. The largest absolute Gasteiger partial charge is 0.497 e. The van der Waals surface area contributed by atoms with Gasteiger partial charge in [-0.15, -0.1) is 0 Å². The van der Waals surface area contributed by atoms with Crippen LogP contribution in [0.15, 0.2) is 12.1 Å². The van der Waals surface area contributed by atoms with Gasteiger partial charge in [0.05, 0.1) is 20.1 Å². The summed E-state index contributed by atoms with van der Waals surface area (Å²) in [5.41, 5.74) is 0.833. The minimum absolute atomic E-state index is 0.0196. The Morgan fingerprint density at radius 3 is 2.59 bits per heavy atom. The van der Waals surface area contributed by atoms with E-state index in [0.717, 1.165) is 0 Å². The second-order valence-electron chi connectivity index (χ2n) is 3.81. The van der Waals surface area contributed by atoms with Gasteiger partial charge in [0.25, 0.3) is 0 Å². The van der Waals surface area contributed by atoms with Gasteiger partial charge in [0, 0.05) is 23.6 Å². The lowest BCUT2D eigenvalue weighted by Gasteiger charge is -2.12. The van der Waals surface area contributed by atoms with Crippen molar-refractivity contribution >= 4 is 11.8 Å². The molecule has 0 spiro atoms. The molecule has 2 rings (SSSR count). The van der Waals surface area contributed by atoms with E-state index in [1.807, 2.05) is 0 Å². The lowest BCUT2D eigenvalue weighted by atomic mass is 10.0. The zero-order valence-corrected chi connectivity index (χ0v) is 9.52. The van der Waals surface area contributed by atoms with Crippen molar-refractivity contribution in [2.24, 2.45) is 0 Å². The van der Waals surface area contributed by atoms with Gasteiger partial charge in [-0.25, -0.2) is 0 Å². The average Bonchev–Trinajstić information content (AvgIpc) is 2.66. The van der Waals surface area contributed by atoms with Crippen LogP contribution in [0.1, 0.15) is 28.3 Å². The molecule has 0 radical (unpaired) electrons. The molecule has 5 heteroatoms. The topological polar surface area (TPSA) is 72.8 Å². The van der Waals surface area contributed by atoms with Crippen molar-refractivity contribution in [3.8, 4) is 11.5 Å². The summed E-state index contributed by atoms with van der Waals surface area (Å²) < 4.78 is 10.2. The van der Waals surface area contributed by atoms with Crippen molar-refractivity contribution in [2.45, 2.75) is 12.3 Å². The third-order valence-electron chi connectivity index (χ3n) is 2.91. The van der Waals surface area contributed by atoms with Crippen molar-refractivity contribution < 1.29 is 24.2 Å². The van der Waals surface area contributed by atoms with Gasteiger partial charge in [-0.1, -0.05) is 0 Å². The molecule has 0 fully saturated rings. The normalized spacial score (nSPS) is 17.8. The van der Waals surface area contributed by atoms with Gasteiger partial charge in [0.1, 0.15) is 11.5 Å². The van der Waals surface area contributed by atoms with E-state index >= 15 is 0 Å². The van der Waals surface area contributed by atoms with E-state index in [4.69, 9.17) is 14.6 Å². The first kappa shape index (κ1) is 11.4. The molecule has 1 aromatic rings. The van der Waals surface area contributed by atoms with Crippen molar-refractivity contribution in [3.05, 3.63) is 23.3 Å². The molecule has 17 heavy (non-hydrogen) atoms. The predicted octanol–water partition coefficient (Wildman–Crippen LogP) is 1.46. The summed E-state index contributed by atoms with van der Waals surface area (Å²) >= 11 is 0. The Bertz CT molecular complexity index is 492.